The van der Waals surface area contributed by atoms with Gasteiger partial charge in [-0.05, 0) is 19.9 Å². The molecule has 17 heavy (non-hydrogen) atoms. The number of fused-ring (bicyclic) bond motifs is 1. The fraction of sp³-hybridized carbons (Fsp3) is 0.250. The second-order valence-electron chi connectivity index (χ2n) is 3.59. The Balaban J connectivity index is 0.000000686. The molecule has 0 fully saturated rings. The number of aromatic nitrogens is 1. The molecular formula is C16H21N. The number of hydrogen-bond acceptors (Lipinski definition) is 0. The third-order valence-corrected chi connectivity index (χ3v) is 2.51. The summed E-state index contributed by atoms with van der Waals surface area (Å²) in [5.74, 6) is 0. The molecule has 1 aromatic heterocycles. The molecule has 1 nitrogen and oxygen atoms in total. The number of hydrogen-bond donors (Lipinski definition) is 1. The SMILES string of the molecule is C/C=C/C=C\c1c(C)[nH]c2ccccc12.CC. The van der Waals surface area contributed by atoms with E-state index >= 15 is 0 Å². The van der Waals surface area contributed by atoms with Gasteiger partial charge in [0.2, 0.25) is 0 Å². The van der Waals surface area contributed by atoms with E-state index in [1.165, 1.54) is 22.2 Å². The van der Waals surface area contributed by atoms with Crippen molar-refractivity contribution in [3.8, 4) is 0 Å². The van der Waals surface area contributed by atoms with Gasteiger partial charge in [0.1, 0.15) is 0 Å². The van der Waals surface area contributed by atoms with Crippen LogP contribution in [0.5, 0.6) is 0 Å². The molecule has 0 aliphatic rings. The van der Waals surface area contributed by atoms with Crippen molar-refractivity contribution in [3.63, 3.8) is 0 Å². The summed E-state index contributed by atoms with van der Waals surface area (Å²) >= 11 is 0. The first-order chi connectivity index (χ1) is 8.33. The van der Waals surface area contributed by atoms with Gasteiger partial charge in [-0.2, -0.15) is 0 Å². The van der Waals surface area contributed by atoms with Crippen molar-refractivity contribution in [1.82, 2.24) is 4.98 Å². The number of para-hydroxylation sites is 1. The van der Waals surface area contributed by atoms with E-state index in [1.54, 1.807) is 0 Å². The summed E-state index contributed by atoms with van der Waals surface area (Å²) in [6.07, 6.45) is 8.29. The van der Waals surface area contributed by atoms with Gasteiger partial charge in [0.15, 0.2) is 0 Å². The molecule has 0 amide bonds. The predicted octanol–water partition coefficient (Wildman–Crippen LogP) is 5.09. The lowest BCUT2D eigenvalue weighted by molar-refractivity contribution is 1.29. The molecule has 0 spiro atoms. The second kappa shape index (κ2) is 6.74. The average Bonchev–Trinajstić information content (AvgIpc) is 2.69. The Labute approximate surface area is 104 Å². The maximum Gasteiger partial charge on any atom is 0.0462 e. The van der Waals surface area contributed by atoms with Gasteiger partial charge in [-0.25, -0.2) is 0 Å². The molecule has 0 aliphatic carbocycles. The lowest BCUT2D eigenvalue weighted by atomic mass is 10.1. The monoisotopic (exact) mass is 227 g/mol. The van der Waals surface area contributed by atoms with Crippen molar-refractivity contribution >= 4 is 17.0 Å². The molecule has 0 saturated heterocycles. The summed E-state index contributed by atoms with van der Waals surface area (Å²) in [5.41, 5.74) is 3.70. The van der Waals surface area contributed by atoms with E-state index in [-0.39, 0.29) is 0 Å². The molecule has 2 aromatic rings. The van der Waals surface area contributed by atoms with Gasteiger partial charge in [-0.15, -0.1) is 0 Å². The first-order valence-electron chi connectivity index (χ1n) is 6.19. The van der Waals surface area contributed by atoms with E-state index in [9.17, 15) is 0 Å². The minimum absolute atomic E-state index is 1.20. The van der Waals surface area contributed by atoms with Crippen LogP contribution in [0.3, 0.4) is 0 Å². The summed E-state index contributed by atoms with van der Waals surface area (Å²) in [4.78, 5) is 3.38. The third kappa shape index (κ3) is 3.10. The summed E-state index contributed by atoms with van der Waals surface area (Å²) in [6, 6.07) is 8.38. The largest absolute Gasteiger partial charge is 0.358 e. The number of benzene rings is 1. The molecule has 1 N–H and O–H groups in total. The highest BCUT2D eigenvalue weighted by atomic mass is 14.7. The Hall–Kier alpha value is -1.76. The number of allylic oxidation sites excluding steroid dienone is 3. The molecule has 0 radical (unpaired) electrons. The van der Waals surface area contributed by atoms with Crippen LogP contribution < -0.4 is 0 Å². The Morgan fingerprint density at radius 3 is 2.47 bits per heavy atom. The van der Waals surface area contributed by atoms with Crippen molar-refractivity contribution < 1.29 is 0 Å². The van der Waals surface area contributed by atoms with Crippen molar-refractivity contribution in [3.05, 3.63) is 53.8 Å². The minimum atomic E-state index is 1.20. The normalized spacial score (nSPS) is 11.1. The van der Waals surface area contributed by atoms with Crippen LogP contribution in [0.2, 0.25) is 0 Å². The topological polar surface area (TPSA) is 15.8 Å². The molecule has 0 saturated carbocycles. The van der Waals surface area contributed by atoms with Crippen LogP contribution in [0.25, 0.3) is 17.0 Å². The second-order valence-corrected chi connectivity index (χ2v) is 3.59. The van der Waals surface area contributed by atoms with Crippen LogP contribution in [0.15, 0.2) is 42.5 Å². The average molecular weight is 227 g/mol. The van der Waals surface area contributed by atoms with Gasteiger partial charge in [0.05, 0.1) is 0 Å². The molecule has 2 rings (SSSR count). The Morgan fingerprint density at radius 2 is 1.76 bits per heavy atom. The van der Waals surface area contributed by atoms with Crippen molar-refractivity contribution in [1.29, 1.82) is 0 Å². The van der Waals surface area contributed by atoms with E-state index in [1.807, 2.05) is 32.9 Å². The molecule has 0 bridgehead atoms. The van der Waals surface area contributed by atoms with Gasteiger partial charge in [0.25, 0.3) is 0 Å². The van der Waals surface area contributed by atoms with Crippen LogP contribution in [0, 0.1) is 6.92 Å². The van der Waals surface area contributed by atoms with Crippen LogP contribution in [0.4, 0.5) is 0 Å². The number of rotatable bonds is 2. The fourth-order valence-corrected chi connectivity index (χ4v) is 1.78. The highest BCUT2D eigenvalue weighted by molar-refractivity contribution is 5.90. The van der Waals surface area contributed by atoms with E-state index < -0.39 is 0 Å². The van der Waals surface area contributed by atoms with Gasteiger partial charge in [-0.1, -0.05) is 56.4 Å². The zero-order chi connectivity index (χ0) is 12.7. The van der Waals surface area contributed by atoms with E-state index in [0.717, 1.165) is 0 Å². The highest BCUT2D eigenvalue weighted by Crippen LogP contribution is 2.22. The minimum Gasteiger partial charge on any atom is -0.358 e. The predicted molar refractivity (Wildman–Crippen MR) is 78.2 cm³/mol. The first kappa shape index (κ1) is 13.3. The molecule has 1 heterocycles. The standard InChI is InChI=1S/C14H15N.C2H6/c1-3-4-5-8-12-11(2)15-14-10-7-6-9-13(12)14;1-2/h3-10,15H,1-2H3;1-2H3/b4-3+,8-5-;. The molecule has 1 heteroatoms. The fourth-order valence-electron chi connectivity index (χ4n) is 1.78. The summed E-state index contributed by atoms with van der Waals surface area (Å²) < 4.78 is 0. The molecule has 0 atom stereocenters. The van der Waals surface area contributed by atoms with Crippen LogP contribution >= 0.6 is 0 Å². The Morgan fingerprint density at radius 1 is 1.06 bits per heavy atom. The zero-order valence-corrected chi connectivity index (χ0v) is 11.1. The first-order valence-corrected chi connectivity index (χ1v) is 6.19. The maximum atomic E-state index is 3.38. The lowest BCUT2D eigenvalue weighted by Crippen LogP contribution is -1.72. The summed E-state index contributed by atoms with van der Waals surface area (Å²) in [7, 11) is 0. The van der Waals surface area contributed by atoms with Gasteiger partial charge in [-0.3, -0.25) is 0 Å². The smallest absolute Gasteiger partial charge is 0.0462 e. The number of aromatic amines is 1. The number of nitrogens with one attached hydrogen (secondary N) is 1. The zero-order valence-electron chi connectivity index (χ0n) is 11.1. The van der Waals surface area contributed by atoms with E-state index in [4.69, 9.17) is 0 Å². The van der Waals surface area contributed by atoms with Gasteiger partial charge < -0.3 is 4.98 Å². The van der Waals surface area contributed by atoms with Crippen LogP contribution in [-0.4, -0.2) is 4.98 Å². The molecule has 90 valence electrons. The Kier molecular flexibility index (Phi) is 5.28. The third-order valence-electron chi connectivity index (χ3n) is 2.51. The van der Waals surface area contributed by atoms with Crippen molar-refractivity contribution in [2.75, 3.05) is 0 Å². The van der Waals surface area contributed by atoms with E-state index in [2.05, 4.69) is 48.3 Å². The van der Waals surface area contributed by atoms with Crippen molar-refractivity contribution in [2.24, 2.45) is 0 Å². The lowest BCUT2D eigenvalue weighted by Gasteiger charge is -1.91. The molecule has 0 unspecified atom stereocenters. The molecule has 1 aromatic carbocycles. The quantitative estimate of drug-likeness (QED) is 0.688. The van der Waals surface area contributed by atoms with Crippen LogP contribution in [0.1, 0.15) is 32.0 Å². The summed E-state index contributed by atoms with van der Waals surface area (Å²) in [6.45, 7) is 8.13. The summed E-state index contributed by atoms with van der Waals surface area (Å²) in [5, 5.41) is 1.29. The van der Waals surface area contributed by atoms with Gasteiger partial charge in [0, 0.05) is 22.2 Å². The molecular weight excluding hydrogens is 206 g/mol. The Bertz CT molecular complexity index is 515. The maximum absolute atomic E-state index is 3.38. The van der Waals surface area contributed by atoms with Crippen molar-refractivity contribution in [2.45, 2.75) is 27.7 Å². The van der Waals surface area contributed by atoms with Gasteiger partial charge >= 0.3 is 0 Å². The number of aryl methyl sites for hydroxylation is 1. The van der Waals surface area contributed by atoms with Crippen LogP contribution in [-0.2, 0) is 0 Å². The highest BCUT2D eigenvalue weighted by Gasteiger charge is 2.03. The van der Waals surface area contributed by atoms with E-state index in [0.29, 0.717) is 0 Å². The molecule has 0 aliphatic heterocycles. The number of H-pyrrole nitrogens is 1.